The SMILES string of the molecule is Cn1cc(-n2c(O)c(F)c(=O)[nH]c2=O)cn1. The van der Waals surface area contributed by atoms with E-state index in [-0.39, 0.29) is 5.69 Å². The molecule has 0 aromatic carbocycles. The fourth-order valence-corrected chi connectivity index (χ4v) is 1.27. The number of aromatic nitrogens is 4. The van der Waals surface area contributed by atoms with Crippen molar-refractivity contribution in [3.05, 3.63) is 39.0 Å². The summed E-state index contributed by atoms with van der Waals surface area (Å²) in [5, 5.41) is 13.1. The highest BCUT2D eigenvalue weighted by molar-refractivity contribution is 5.30. The second-order valence-electron chi connectivity index (χ2n) is 3.10. The van der Waals surface area contributed by atoms with E-state index in [4.69, 9.17) is 0 Å². The highest BCUT2D eigenvalue weighted by atomic mass is 19.1. The minimum absolute atomic E-state index is 0.153. The normalized spacial score (nSPS) is 10.6. The molecule has 2 rings (SSSR count). The third kappa shape index (κ3) is 1.40. The number of hydrogen-bond donors (Lipinski definition) is 2. The van der Waals surface area contributed by atoms with Gasteiger partial charge in [-0.15, -0.1) is 0 Å². The van der Waals surface area contributed by atoms with Gasteiger partial charge in [-0.05, 0) is 0 Å². The van der Waals surface area contributed by atoms with Gasteiger partial charge in [0.25, 0.3) is 5.56 Å². The van der Waals surface area contributed by atoms with Gasteiger partial charge < -0.3 is 5.11 Å². The van der Waals surface area contributed by atoms with Gasteiger partial charge in [-0.3, -0.25) is 14.5 Å². The van der Waals surface area contributed by atoms with Crippen LogP contribution in [0.5, 0.6) is 5.88 Å². The van der Waals surface area contributed by atoms with E-state index in [1.165, 1.54) is 17.1 Å². The highest BCUT2D eigenvalue weighted by Gasteiger charge is 2.15. The molecule has 2 heterocycles. The van der Waals surface area contributed by atoms with Crippen molar-refractivity contribution in [2.24, 2.45) is 7.05 Å². The fourth-order valence-electron chi connectivity index (χ4n) is 1.27. The average molecular weight is 226 g/mol. The van der Waals surface area contributed by atoms with Gasteiger partial charge in [-0.2, -0.15) is 9.49 Å². The Morgan fingerprint density at radius 3 is 2.75 bits per heavy atom. The Hall–Kier alpha value is -2.38. The van der Waals surface area contributed by atoms with Crippen LogP contribution < -0.4 is 11.2 Å². The lowest BCUT2D eigenvalue weighted by molar-refractivity contribution is 0.386. The minimum Gasteiger partial charge on any atom is -0.492 e. The van der Waals surface area contributed by atoms with Crippen molar-refractivity contribution in [3.63, 3.8) is 0 Å². The van der Waals surface area contributed by atoms with E-state index in [2.05, 4.69) is 5.10 Å². The largest absolute Gasteiger partial charge is 0.492 e. The van der Waals surface area contributed by atoms with E-state index in [1.807, 2.05) is 0 Å². The Balaban J connectivity index is 2.80. The summed E-state index contributed by atoms with van der Waals surface area (Å²) in [6, 6.07) is 0. The van der Waals surface area contributed by atoms with Crippen LogP contribution in [0.1, 0.15) is 0 Å². The van der Waals surface area contributed by atoms with Crippen molar-refractivity contribution in [1.82, 2.24) is 19.3 Å². The molecular formula is C8H7FN4O3. The predicted molar refractivity (Wildman–Crippen MR) is 51.0 cm³/mol. The van der Waals surface area contributed by atoms with Crippen molar-refractivity contribution < 1.29 is 9.50 Å². The van der Waals surface area contributed by atoms with Crippen molar-refractivity contribution in [3.8, 4) is 11.6 Å². The molecule has 7 nitrogen and oxygen atoms in total. The first-order valence-electron chi connectivity index (χ1n) is 4.23. The molecule has 8 heteroatoms. The Labute approximate surface area is 87.4 Å². The number of aryl methyl sites for hydroxylation is 1. The van der Waals surface area contributed by atoms with E-state index in [0.29, 0.717) is 4.57 Å². The first kappa shape index (κ1) is 10.1. The van der Waals surface area contributed by atoms with Gasteiger partial charge in [0.05, 0.1) is 11.9 Å². The average Bonchev–Trinajstić information content (AvgIpc) is 2.61. The quantitative estimate of drug-likeness (QED) is 0.659. The van der Waals surface area contributed by atoms with Crippen molar-refractivity contribution >= 4 is 0 Å². The molecule has 0 spiro atoms. The number of rotatable bonds is 1. The molecule has 0 saturated carbocycles. The van der Waals surface area contributed by atoms with E-state index < -0.39 is 22.9 Å². The first-order chi connectivity index (χ1) is 7.50. The molecule has 0 fully saturated rings. The smallest absolute Gasteiger partial charge is 0.336 e. The number of nitrogens with one attached hydrogen (secondary N) is 1. The van der Waals surface area contributed by atoms with Crippen LogP contribution in [0.3, 0.4) is 0 Å². The Bertz CT molecular complexity index is 654. The topological polar surface area (TPSA) is 92.9 Å². The first-order valence-corrected chi connectivity index (χ1v) is 4.23. The molecule has 0 radical (unpaired) electrons. The summed E-state index contributed by atoms with van der Waals surface area (Å²) in [5.41, 5.74) is -2.04. The van der Waals surface area contributed by atoms with Crippen LogP contribution in [0.2, 0.25) is 0 Å². The minimum atomic E-state index is -1.41. The summed E-state index contributed by atoms with van der Waals surface area (Å²) in [4.78, 5) is 23.9. The lowest BCUT2D eigenvalue weighted by atomic mass is 10.5. The number of H-pyrrole nitrogens is 1. The summed E-state index contributed by atoms with van der Waals surface area (Å²) < 4.78 is 15.1. The molecule has 0 bridgehead atoms. The number of aromatic hydroxyl groups is 1. The summed E-state index contributed by atoms with van der Waals surface area (Å²) in [7, 11) is 1.59. The van der Waals surface area contributed by atoms with Crippen LogP contribution in [-0.2, 0) is 7.05 Å². The maximum atomic E-state index is 13.1. The van der Waals surface area contributed by atoms with Gasteiger partial charge in [-0.1, -0.05) is 0 Å². The van der Waals surface area contributed by atoms with E-state index >= 15 is 0 Å². The molecule has 16 heavy (non-hydrogen) atoms. The van der Waals surface area contributed by atoms with Crippen LogP contribution in [0.25, 0.3) is 5.69 Å². The molecule has 0 aliphatic carbocycles. The molecule has 2 aromatic rings. The number of aromatic amines is 1. The van der Waals surface area contributed by atoms with E-state index in [0.717, 1.165) is 0 Å². The third-order valence-corrected chi connectivity index (χ3v) is 1.98. The second kappa shape index (κ2) is 3.33. The van der Waals surface area contributed by atoms with Crippen molar-refractivity contribution in [2.45, 2.75) is 0 Å². The van der Waals surface area contributed by atoms with Crippen LogP contribution in [0.15, 0.2) is 22.0 Å². The Kier molecular flexibility index (Phi) is 2.11. The van der Waals surface area contributed by atoms with Crippen molar-refractivity contribution in [1.29, 1.82) is 0 Å². The summed E-state index contributed by atoms with van der Waals surface area (Å²) in [6.45, 7) is 0. The van der Waals surface area contributed by atoms with Gasteiger partial charge in [0, 0.05) is 13.2 Å². The zero-order valence-corrected chi connectivity index (χ0v) is 8.14. The third-order valence-electron chi connectivity index (χ3n) is 1.98. The van der Waals surface area contributed by atoms with Crippen molar-refractivity contribution in [2.75, 3.05) is 0 Å². The van der Waals surface area contributed by atoms with Gasteiger partial charge in [0.15, 0.2) is 0 Å². The molecule has 0 aliphatic rings. The fraction of sp³-hybridized carbons (Fsp3) is 0.125. The van der Waals surface area contributed by atoms with Crippen LogP contribution >= 0.6 is 0 Å². The lowest BCUT2D eigenvalue weighted by Gasteiger charge is -2.04. The predicted octanol–water partition coefficient (Wildman–Crippen LogP) is -0.896. The zero-order valence-electron chi connectivity index (χ0n) is 8.14. The maximum Gasteiger partial charge on any atom is 0.336 e. The highest BCUT2D eigenvalue weighted by Crippen LogP contribution is 2.13. The standard InChI is InChI=1S/C8H7FN4O3/c1-12-3-4(2-10-12)13-7(15)5(9)6(14)11-8(13)16/h2-3,15H,1H3,(H,11,14,16). The molecule has 2 aromatic heterocycles. The van der Waals surface area contributed by atoms with E-state index in [1.54, 1.807) is 12.0 Å². The molecule has 84 valence electrons. The summed E-state index contributed by atoms with van der Waals surface area (Å²) in [6.07, 6.45) is 2.64. The summed E-state index contributed by atoms with van der Waals surface area (Å²) >= 11 is 0. The molecular weight excluding hydrogens is 219 g/mol. The van der Waals surface area contributed by atoms with Gasteiger partial charge in [0.1, 0.15) is 0 Å². The number of nitrogens with zero attached hydrogens (tertiary/aromatic N) is 3. The maximum absolute atomic E-state index is 13.1. The summed E-state index contributed by atoms with van der Waals surface area (Å²) in [5.74, 6) is -2.45. The molecule has 0 amide bonds. The van der Waals surface area contributed by atoms with Crippen LogP contribution in [-0.4, -0.2) is 24.4 Å². The van der Waals surface area contributed by atoms with E-state index in [9.17, 15) is 19.1 Å². The molecule has 0 saturated heterocycles. The van der Waals surface area contributed by atoms with Crippen LogP contribution in [0.4, 0.5) is 4.39 Å². The zero-order chi connectivity index (χ0) is 11.9. The Morgan fingerprint density at radius 1 is 1.50 bits per heavy atom. The molecule has 0 aliphatic heterocycles. The monoisotopic (exact) mass is 226 g/mol. The number of hydrogen-bond acceptors (Lipinski definition) is 4. The molecule has 2 N–H and O–H groups in total. The van der Waals surface area contributed by atoms with Gasteiger partial charge in [-0.25, -0.2) is 9.36 Å². The van der Waals surface area contributed by atoms with Gasteiger partial charge >= 0.3 is 5.69 Å². The van der Waals surface area contributed by atoms with Crippen LogP contribution in [0, 0.1) is 5.82 Å². The van der Waals surface area contributed by atoms with Gasteiger partial charge in [0.2, 0.25) is 11.7 Å². The second-order valence-corrected chi connectivity index (χ2v) is 3.10. The molecule has 0 unspecified atom stereocenters. The Morgan fingerprint density at radius 2 is 2.19 bits per heavy atom. The number of halogens is 1. The molecule has 0 atom stereocenters. The lowest BCUT2D eigenvalue weighted by Crippen LogP contribution is -2.30.